The molecule has 0 radical (unpaired) electrons. The molecule has 1 aromatic heterocycles. The Kier molecular flexibility index (Phi) is 4.74. The standard InChI is InChI=1S/C13H15F4IN2O2/c1-3-22-11(21)9-8(18)10(12(2,14)15)19-20(9)6-7-4-13(16,17)5-7/h7H,3-6H2,1-2H3. The molecule has 0 unspecified atom stereocenters. The lowest BCUT2D eigenvalue weighted by Gasteiger charge is -2.34. The zero-order valence-electron chi connectivity index (χ0n) is 12.0. The summed E-state index contributed by atoms with van der Waals surface area (Å²) in [6.45, 7) is 2.34. The second kappa shape index (κ2) is 5.97. The molecule has 1 heterocycles. The van der Waals surface area contributed by atoms with Crippen LogP contribution in [-0.4, -0.2) is 28.3 Å². The zero-order chi connectivity index (χ0) is 16.7. The summed E-state index contributed by atoms with van der Waals surface area (Å²) in [6.07, 6.45) is -0.660. The molecule has 0 N–H and O–H groups in total. The lowest BCUT2D eigenvalue weighted by molar-refractivity contribution is -0.114. The van der Waals surface area contributed by atoms with Gasteiger partial charge in [0.05, 0.1) is 10.2 Å². The Bertz CT molecular complexity index is 575. The van der Waals surface area contributed by atoms with Crippen molar-refractivity contribution in [2.45, 2.75) is 45.1 Å². The second-order valence-corrected chi connectivity index (χ2v) is 6.51. The number of alkyl halides is 4. The maximum atomic E-state index is 13.6. The Hall–Kier alpha value is -0.870. The van der Waals surface area contributed by atoms with Crippen LogP contribution in [-0.2, 0) is 17.2 Å². The number of carbonyl (C=O) groups excluding carboxylic acids is 1. The highest BCUT2D eigenvalue weighted by molar-refractivity contribution is 14.1. The summed E-state index contributed by atoms with van der Waals surface area (Å²) in [5.74, 6) is -7.11. The van der Waals surface area contributed by atoms with Gasteiger partial charge in [-0.2, -0.15) is 13.9 Å². The van der Waals surface area contributed by atoms with Crippen LogP contribution in [0.3, 0.4) is 0 Å². The van der Waals surface area contributed by atoms with Crippen molar-refractivity contribution >= 4 is 28.6 Å². The fourth-order valence-electron chi connectivity index (χ4n) is 2.41. The van der Waals surface area contributed by atoms with Crippen molar-refractivity contribution in [3.05, 3.63) is 15.0 Å². The van der Waals surface area contributed by atoms with Crippen LogP contribution in [0, 0.1) is 9.49 Å². The van der Waals surface area contributed by atoms with E-state index < -0.39 is 29.4 Å². The van der Waals surface area contributed by atoms with E-state index in [0.29, 0.717) is 6.92 Å². The van der Waals surface area contributed by atoms with Crippen molar-refractivity contribution in [1.29, 1.82) is 0 Å². The molecule has 1 aromatic rings. The first-order valence-corrected chi connectivity index (χ1v) is 7.82. The van der Waals surface area contributed by atoms with Gasteiger partial charge in [0.25, 0.3) is 5.92 Å². The van der Waals surface area contributed by atoms with E-state index in [1.54, 1.807) is 29.5 Å². The van der Waals surface area contributed by atoms with Crippen LogP contribution < -0.4 is 0 Å². The molecule has 4 nitrogen and oxygen atoms in total. The van der Waals surface area contributed by atoms with Crippen molar-refractivity contribution in [3.8, 4) is 0 Å². The van der Waals surface area contributed by atoms with Gasteiger partial charge >= 0.3 is 5.97 Å². The van der Waals surface area contributed by atoms with Gasteiger partial charge in [-0.1, -0.05) is 0 Å². The van der Waals surface area contributed by atoms with Crippen LogP contribution >= 0.6 is 22.6 Å². The third-order valence-corrected chi connectivity index (χ3v) is 4.41. The van der Waals surface area contributed by atoms with Crippen LogP contribution in [0.4, 0.5) is 17.6 Å². The number of aromatic nitrogens is 2. The number of halogens is 5. The molecule has 22 heavy (non-hydrogen) atoms. The number of ether oxygens (including phenoxy) is 1. The summed E-state index contributed by atoms with van der Waals surface area (Å²) in [7, 11) is 0. The van der Waals surface area contributed by atoms with Gasteiger partial charge in [0.1, 0.15) is 5.69 Å². The zero-order valence-corrected chi connectivity index (χ0v) is 14.2. The first kappa shape index (κ1) is 17.5. The van der Waals surface area contributed by atoms with E-state index in [2.05, 4.69) is 5.10 Å². The molecule has 0 spiro atoms. The SMILES string of the molecule is CCOC(=O)c1c(I)c(C(C)(F)F)nn1CC1CC(F)(F)C1. The Labute approximate surface area is 138 Å². The Balaban J connectivity index is 2.32. The van der Waals surface area contributed by atoms with E-state index in [1.807, 2.05) is 0 Å². The van der Waals surface area contributed by atoms with Crippen molar-refractivity contribution in [1.82, 2.24) is 9.78 Å². The normalized spacial score (nSPS) is 18.1. The van der Waals surface area contributed by atoms with Crippen molar-refractivity contribution in [3.63, 3.8) is 0 Å². The molecule has 0 atom stereocenters. The number of esters is 1. The third kappa shape index (κ3) is 3.54. The van der Waals surface area contributed by atoms with E-state index in [0.717, 1.165) is 4.68 Å². The van der Waals surface area contributed by atoms with Gasteiger partial charge in [0.2, 0.25) is 5.92 Å². The average Bonchev–Trinajstić information content (AvgIpc) is 2.64. The maximum Gasteiger partial charge on any atom is 0.357 e. The first-order valence-electron chi connectivity index (χ1n) is 6.74. The van der Waals surface area contributed by atoms with Crippen molar-refractivity contribution in [2.75, 3.05) is 6.61 Å². The molecule has 0 bridgehead atoms. The highest BCUT2D eigenvalue weighted by Crippen LogP contribution is 2.43. The minimum Gasteiger partial charge on any atom is -0.461 e. The van der Waals surface area contributed by atoms with Gasteiger partial charge in [-0.25, -0.2) is 13.6 Å². The van der Waals surface area contributed by atoms with E-state index in [-0.39, 0.29) is 35.3 Å². The van der Waals surface area contributed by atoms with Gasteiger partial charge in [0.15, 0.2) is 5.69 Å². The number of hydrogen-bond donors (Lipinski definition) is 0. The van der Waals surface area contributed by atoms with Crippen molar-refractivity contribution < 1.29 is 27.1 Å². The molecule has 1 fully saturated rings. The van der Waals surface area contributed by atoms with E-state index >= 15 is 0 Å². The Morgan fingerprint density at radius 1 is 1.50 bits per heavy atom. The molecule has 0 aromatic carbocycles. The van der Waals surface area contributed by atoms with Gasteiger partial charge in [-0.05, 0) is 35.4 Å². The molecule has 2 rings (SSSR count). The predicted molar refractivity (Wildman–Crippen MR) is 78.1 cm³/mol. The van der Waals surface area contributed by atoms with Crippen molar-refractivity contribution in [2.24, 2.45) is 5.92 Å². The molecule has 1 aliphatic carbocycles. The summed E-state index contributed by atoms with van der Waals surface area (Å²) < 4.78 is 58.8. The van der Waals surface area contributed by atoms with Crippen LogP contribution in [0.25, 0.3) is 0 Å². The quantitative estimate of drug-likeness (QED) is 0.402. The van der Waals surface area contributed by atoms with Crippen LogP contribution in [0.5, 0.6) is 0 Å². The van der Waals surface area contributed by atoms with Gasteiger partial charge < -0.3 is 4.74 Å². The summed E-state index contributed by atoms with van der Waals surface area (Å²) in [6, 6.07) is 0. The minimum absolute atomic E-state index is 0.00415. The molecular weight excluding hydrogens is 419 g/mol. The van der Waals surface area contributed by atoms with E-state index in [9.17, 15) is 22.4 Å². The minimum atomic E-state index is -3.23. The van der Waals surface area contributed by atoms with Gasteiger partial charge in [-0.3, -0.25) is 4.68 Å². The average molecular weight is 434 g/mol. The van der Waals surface area contributed by atoms with Gasteiger partial charge in [-0.15, -0.1) is 0 Å². The molecular formula is C13H15F4IN2O2. The smallest absolute Gasteiger partial charge is 0.357 e. The predicted octanol–water partition coefficient (Wildman–Crippen LogP) is 3.82. The fraction of sp³-hybridized carbons (Fsp3) is 0.692. The van der Waals surface area contributed by atoms with E-state index in [1.165, 1.54) is 0 Å². The monoisotopic (exact) mass is 434 g/mol. The number of carbonyl (C=O) groups is 1. The summed E-state index contributed by atoms with van der Waals surface area (Å²) in [4.78, 5) is 12.0. The maximum absolute atomic E-state index is 13.6. The summed E-state index contributed by atoms with van der Waals surface area (Å²) >= 11 is 1.61. The summed E-state index contributed by atoms with van der Waals surface area (Å²) in [5, 5.41) is 3.77. The van der Waals surface area contributed by atoms with Crippen LogP contribution in [0.1, 0.15) is 42.9 Å². The molecule has 1 aliphatic rings. The molecule has 0 aliphatic heterocycles. The van der Waals surface area contributed by atoms with Crippen LogP contribution in [0.2, 0.25) is 0 Å². The third-order valence-electron chi connectivity index (χ3n) is 3.38. The van der Waals surface area contributed by atoms with E-state index in [4.69, 9.17) is 4.74 Å². The number of nitrogens with zero attached hydrogens (tertiary/aromatic N) is 2. The number of hydrogen-bond acceptors (Lipinski definition) is 3. The molecule has 124 valence electrons. The second-order valence-electron chi connectivity index (χ2n) is 5.43. The van der Waals surface area contributed by atoms with Gasteiger partial charge in [0, 0.05) is 26.3 Å². The molecule has 0 amide bonds. The first-order chi connectivity index (χ1) is 10.0. The lowest BCUT2D eigenvalue weighted by atomic mass is 9.81. The summed E-state index contributed by atoms with van der Waals surface area (Å²) in [5.41, 5.74) is -0.642. The highest BCUT2D eigenvalue weighted by atomic mass is 127. The Morgan fingerprint density at radius 2 is 2.09 bits per heavy atom. The Morgan fingerprint density at radius 3 is 2.55 bits per heavy atom. The topological polar surface area (TPSA) is 44.1 Å². The molecule has 0 saturated heterocycles. The largest absolute Gasteiger partial charge is 0.461 e. The fourth-order valence-corrected chi connectivity index (χ4v) is 3.49. The molecule has 9 heteroatoms. The highest BCUT2D eigenvalue weighted by Gasteiger charge is 2.46. The lowest BCUT2D eigenvalue weighted by Crippen LogP contribution is -2.38. The van der Waals surface area contributed by atoms with Crippen LogP contribution in [0.15, 0.2) is 0 Å². The number of rotatable bonds is 5. The molecule has 1 saturated carbocycles.